The molecule has 0 bridgehead atoms. The highest BCUT2D eigenvalue weighted by Crippen LogP contribution is 2.60. The normalized spacial score (nSPS) is 14.2. The number of hydrogen-bond donors (Lipinski definition) is 1. The summed E-state index contributed by atoms with van der Waals surface area (Å²) < 4.78 is 173. The minimum atomic E-state index is -7.93. The van der Waals surface area contributed by atoms with Crippen molar-refractivity contribution in [2.45, 2.75) is 55.6 Å². The van der Waals surface area contributed by atoms with Crippen molar-refractivity contribution >= 4 is 23.2 Å². The van der Waals surface area contributed by atoms with Crippen molar-refractivity contribution in [2.24, 2.45) is 0 Å². The van der Waals surface area contributed by atoms with Gasteiger partial charge in [0.25, 0.3) is 0 Å². The SMILES string of the molecule is C=C(C)C(=O)OCCNC(=S)CCC(F)(F)C(F)(F)C(F)(F)C(F)(F)C(F)(F)C(F)(F)F. The molecule has 1 N–H and O–H groups in total. The second-order valence-corrected chi connectivity index (χ2v) is 6.76. The summed E-state index contributed by atoms with van der Waals surface area (Å²) in [5.41, 5.74) is -0.0247. The van der Waals surface area contributed by atoms with E-state index in [1.165, 1.54) is 6.92 Å². The van der Waals surface area contributed by atoms with Gasteiger partial charge in [0.2, 0.25) is 0 Å². The molecule has 0 unspecified atom stereocenters. The number of halogens is 13. The van der Waals surface area contributed by atoms with Gasteiger partial charge in [-0.25, -0.2) is 4.79 Å². The van der Waals surface area contributed by atoms with Crippen LogP contribution < -0.4 is 5.32 Å². The van der Waals surface area contributed by atoms with Crippen LogP contribution in [0, 0.1) is 0 Å². The Hall–Kier alpha value is -1.81. The Morgan fingerprint density at radius 3 is 1.69 bits per heavy atom. The predicted molar refractivity (Wildman–Crippen MR) is 86.4 cm³/mol. The molecular formula is C15H14F13NO2S. The lowest BCUT2D eigenvalue weighted by atomic mass is 9.92. The van der Waals surface area contributed by atoms with Gasteiger partial charge in [0, 0.05) is 25.0 Å². The summed E-state index contributed by atoms with van der Waals surface area (Å²) in [6.45, 7) is 3.64. The summed E-state index contributed by atoms with van der Waals surface area (Å²) in [5, 5.41) is 2.06. The molecule has 3 nitrogen and oxygen atoms in total. The molecule has 0 aromatic carbocycles. The summed E-state index contributed by atoms with van der Waals surface area (Å²) in [6, 6.07) is 0. The first kappa shape index (κ1) is 30.2. The highest BCUT2D eigenvalue weighted by atomic mass is 32.1. The number of nitrogens with one attached hydrogen (secondary N) is 1. The Morgan fingerprint density at radius 1 is 0.844 bits per heavy atom. The van der Waals surface area contributed by atoms with Crippen molar-refractivity contribution in [3.8, 4) is 0 Å². The lowest BCUT2D eigenvalue weighted by Gasteiger charge is -2.39. The van der Waals surface area contributed by atoms with E-state index in [0.29, 0.717) is 0 Å². The molecule has 32 heavy (non-hydrogen) atoms. The smallest absolute Gasteiger partial charge is 0.460 e. The van der Waals surface area contributed by atoms with Crippen LogP contribution in [0.1, 0.15) is 19.8 Å². The van der Waals surface area contributed by atoms with Gasteiger partial charge >= 0.3 is 41.8 Å². The number of carbonyl (C=O) groups excluding carboxylic acids is 1. The average molecular weight is 519 g/mol. The van der Waals surface area contributed by atoms with Crippen molar-refractivity contribution in [1.29, 1.82) is 0 Å². The third kappa shape index (κ3) is 5.75. The minimum absolute atomic E-state index is 0.0247. The molecule has 0 saturated carbocycles. The highest BCUT2D eigenvalue weighted by molar-refractivity contribution is 7.80. The molecule has 0 amide bonds. The van der Waals surface area contributed by atoms with E-state index in [4.69, 9.17) is 0 Å². The molecule has 0 rings (SSSR count). The lowest BCUT2D eigenvalue weighted by Crippen LogP contribution is -2.70. The molecule has 188 valence electrons. The molecule has 0 aromatic rings. The van der Waals surface area contributed by atoms with Crippen molar-refractivity contribution in [3.63, 3.8) is 0 Å². The molecule has 0 aromatic heterocycles. The summed E-state index contributed by atoms with van der Waals surface area (Å²) in [6.07, 6.45) is -11.3. The number of esters is 1. The van der Waals surface area contributed by atoms with Crippen molar-refractivity contribution in [2.75, 3.05) is 13.2 Å². The average Bonchev–Trinajstić information content (AvgIpc) is 2.61. The summed E-state index contributed by atoms with van der Waals surface area (Å²) in [5.74, 6) is -37.9. The summed E-state index contributed by atoms with van der Waals surface area (Å²) in [4.78, 5) is 10.3. The van der Waals surface area contributed by atoms with Crippen LogP contribution >= 0.6 is 12.2 Å². The van der Waals surface area contributed by atoms with Crippen LogP contribution in [0.15, 0.2) is 12.2 Å². The van der Waals surface area contributed by atoms with Crippen molar-refractivity contribution in [3.05, 3.63) is 12.2 Å². The number of carbonyl (C=O) groups is 1. The molecular weight excluding hydrogens is 505 g/mol. The number of alkyl halides is 13. The molecule has 0 atom stereocenters. The first-order valence-corrected chi connectivity index (χ1v) is 8.43. The molecule has 0 heterocycles. The Bertz CT molecular complexity index is 719. The molecule has 0 aliphatic carbocycles. The van der Waals surface area contributed by atoms with E-state index in [-0.39, 0.29) is 5.57 Å². The van der Waals surface area contributed by atoms with Crippen LogP contribution in [0.3, 0.4) is 0 Å². The van der Waals surface area contributed by atoms with Crippen LogP contribution in [0.5, 0.6) is 0 Å². The third-order valence-corrected chi connectivity index (χ3v) is 4.02. The zero-order chi connectivity index (χ0) is 26.0. The third-order valence-electron chi connectivity index (χ3n) is 3.67. The van der Waals surface area contributed by atoms with Gasteiger partial charge in [-0.2, -0.15) is 57.1 Å². The lowest BCUT2D eigenvalue weighted by molar-refractivity contribution is -0.440. The fraction of sp³-hybridized carbons (Fsp3) is 0.733. The maximum Gasteiger partial charge on any atom is 0.460 e. The van der Waals surface area contributed by atoms with Crippen LogP contribution in [0.25, 0.3) is 0 Å². The van der Waals surface area contributed by atoms with Gasteiger partial charge in [-0.1, -0.05) is 18.8 Å². The second-order valence-electron chi connectivity index (χ2n) is 6.27. The zero-order valence-electron chi connectivity index (χ0n) is 15.7. The summed E-state index contributed by atoms with van der Waals surface area (Å²) >= 11 is 4.40. The molecule has 0 fully saturated rings. The van der Waals surface area contributed by atoms with Crippen LogP contribution in [0.4, 0.5) is 57.1 Å². The zero-order valence-corrected chi connectivity index (χ0v) is 16.5. The Labute approximate surface area is 176 Å². The van der Waals surface area contributed by atoms with E-state index in [9.17, 15) is 61.9 Å². The van der Waals surface area contributed by atoms with E-state index < -0.39 is 72.7 Å². The van der Waals surface area contributed by atoms with Crippen LogP contribution in [-0.4, -0.2) is 59.9 Å². The minimum Gasteiger partial charge on any atom is -0.460 e. The monoisotopic (exact) mass is 519 g/mol. The van der Waals surface area contributed by atoms with Crippen molar-refractivity contribution < 1.29 is 66.6 Å². The van der Waals surface area contributed by atoms with Gasteiger partial charge in [0.05, 0.1) is 4.99 Å². The van der Waals surface area contributed by atoms with Gasteiger partial charge in [0.15, 0.2) is 0 Å². The molecule has 17 heteroatoms. The van der Waals surface area contributed by atoms with Crippen LogP contribution in [-0.2, 0) is 9.53 Å². The van der Waals surface area contributed by atoms with E-state index in [1.54, 1.807) is 0 Å². The fourth-order valence-electron chi connectivity index (χ4n) is 1.78. The molecule has 0 aliphatic heterocycles. The van der Waals surface area contributed by atoms with Gasteiger partial charge in [0.1, 0.15) is 6.61 Å². The van der Waals surface area contributed by atoms with Crippen LogP contribution in [0.2, 0.25) is 0 Å². The number of thiocarbonyl (C=S) groups is 1. The molecule has 0 saturated heterocycles. The number of ether oxygens (including phenoxy) is 1. The molecule has 0 spiro atoms. The quantitative estimate of drug-likeness (QED) is 0.128. The standard InChI is InChI=1S/C15H14F13NO2S/c1-7(2)9(30)31-6-5-29-8(32)3-4-10(16,17)11(18,19)12(20,21)13(22,23)14(24,25)15(26,27)28/h1,3-6H2,2H3,(H,29,32). The summed E-state index contributed by atoms with van der Waals surface area (Å²) in [7, 11) is 0. The van der Waals surface area contributed by atoms with Gasteiger partial charge < -0.3 is 10.1 Å². The Balaban J connectivity index is 5.33. The highest BCUT2D eigenvalue weighted by Gasteiger charge is 2.90. The van der Waals surface area contributed by atoms with E-state index >= 15 is 0 Å². The molecule has 0 radical (unpaired) electrons. The van der Waals surface area contributed by atoms with E-state index in [0.717, 1.165) is 0 Å². The Kier molecular flexibility index (Phi) is 9.04. The number of rotatable bonds is 11. The first-order chi connectivity index (χ1) is 14.0. The maximum absolute atomic E-state index is 13.6. The van der Waals surface area contributed by atoms with Gasteiger partial charge in [-0.15, -0.1) is 0 Å². The topological polar surface area (TPSA) is 38.3 Å². The van der Waals surface area contributed by atoms with E-state index in [1.807, 2.05) is 0 Å². The van der Waals surface area contributed by atoms with Gasteiger partial charge in [-0.05, 0) is 6.92 Å². The Morgan fingerprint density at radius 2 is 1.28 bits per heavy atom. The second kappa shape index (κ2) is 9.59. The molecule has 0 aliphatic rings. The van der Waals surface area contributed by atoms with Gasteiger partial charge in [-0.3, -0.25) is 0 Å². The maximum atomic E-state index is 13.6. The largest absolute Gasteiger partial charge is 0.460 e. The number of hydrogen-bond acceptors (Lipinski definition) is 3. The fourth-order valence-corrected chi connectivity index (χ4v) is 1.98. The van der Waals surface area contributed by atoms with Crippen molar-refractivity contribution in [1.82, 2.24) is 5.32 Å². The first-order valence-electron chi connectivity index (χ1n) is 8.02. The predicted octanol–water partition coefficient (Wildman–Crippen LogP) is 5.54. The van der Waals surface area contributed by atoms with E-state index in [2.05, 4.69) is 28.9 Å².